The number of rotatable bonds is 5. The number of hydrogen-bond donors (Lipinski definition) is 1. The van der Waals surface area contributed by atoms with Crippen LogP contribution in [-0.4, -0.2) is 17.7 Å². The van der Waals surface area contributed by atoms with E-state index in [1.54, 1.807) is 24.3 Å². The molecular weight excluding hydrogens is 204 g/mol. The minimum absolute atomic E-state index is 0.275. The Balaban J connectivity index is 2.44. The van der Waals surface area contributed by atoms with Crippen LogP contribution in [0.2, 0.25) is 0 Å². The zero-order valence-corrected chi connectivity index (χ0v) is 9.56. The second kappa shape index (κ2) is 5.95. The highest BCUT2D eigenvalue weighted by atomic mass is 16.5. The van der Waals surface area contributed by atoms with Crippen molar-refractivity contribution in [3.05, 3.63) is 41.5 Å². The van der Waals surface area contributed by atoms with Gasteiger partial charge in [0.2, 0.25) is 0 Å². The highest BCUT2D eigenvalue weighted by Gasteiger charge is 2.01. The van der Waals surface area contributed by atoms with E-state index in [0.29, 0.717) is 12.4 Å². The smallest absolute Gasteiger partial charge is 0.335 e. The predicted octanol–water partition coefficient (Wildman–Crippen LogP) is 3.12. The monoisotopic (exact) mass is 220 g/mol. The molecule has 0 saturated carbocycles. The van der Waals surface area contributed by atoms with Gasteiger partial charge in [-0.3, -0.25) is 0 Å². The summed E-state index contributed by atoms with van der Waals surface area (Å²) < 4.78 is 5.45. The zero-order chi connectivity index (χ0) is 12.0. The fraction of sp³-hybridized carbons (Fsp3) is 0.308. The highest BCUT2D eigenvalue weighted by Crippen LogP contribution is 2.12. The summed E-state index contributed by atoms with van der Waals surface area (Å²) in [4.78, 5) is 10.6. The van der Waals surface area contributed by atoms with E-state index in [0.717, 1.165) is 6.42 Å². The summed E-state index contributed by atoms with van der Waals surface area (Å²) in [5.41, 5.74) is 1.54. The number of ether oxygens (including phenoxy) is 1. The van der Waals surface area contributed by atoms with Crippen molar-refractivity contribution in [2.45, 2.75) is 20.3 Å². The van der Waals surface area contributed by atoms with Crippen molar-refractivity contribution >= 4 is 5.97 Å². The molecular formula is C13H16O3. The molecule has 0 aliphatic rings. The second-order valence-electron chi connectivity index (χ2n) is 3.75. The van der Waals surface area contributed by atoms with Crippen LogP contribution in [0.5, 0.6) is 5.75 Å². The average Bonchev–Trinajstić information content (AvgIpc) is 2.25. The highest BCUT2D eigenvalue weighted by molar-refractivity contribution is 5.87. The molecule has 1 N–H and O–H groups in total. The minimum Gasteiger partial charge on any atom is -0.493 e. The van der Waals surface area contributed by atoms with Gasteiger partial charge in [0.1, 0.15) is 5.75 Å². The van der Waals surface area contributed by atoms with Crippen LogP contribution >= 0.6 is 0 Å². The summed E-state index contributed by atoms with van der Waals surface area (Å²) in [7, 11) is 0. The van der Waals surface area contributed by atoms with Crippen molar-refractivity contribution in [1.29, 1.82) is 0 Å². The molecule has 0 aliphatic carbocycles. The lowest BCUT2D eigenvalue weighted by molar-refractivity contribution is 0.0697. The average molecular weight is 220 g/mol. The molecule has 0 unspecified atom stereocenters. The molecule has 3 heteroatoms. The van der Waals surface area contributed by atoms with Crippen molar-refractivity contribution in [2.24, 2.45) is 0 Å². The van der Waals surface area contributed by atoms with Crippen LogP contribution < -0.4 is 4.74 Å². The SMILES string of the molecule is CC(C)=CCCOc1ccc(C(=O)O)cc1. The maximum Gasteiger partial charge on any atom is 0.335 e. The summed E-state index contributed by atoms with van der Waals surface area (Å²) in [5, 5.41) is 8.70. The van der Waals surface area contributed by atoms with Gasteiger partial charge in [0.05, 0.1) is 12.2 Å². The van der Waals surface area contributed by atoms with E-state index in [9.17, 15) is 4.79 Å². The van der Waals surface area contributed by atoms with E-state index >= 15 is 0 Å². The predicted molar refractivity (Wildman–Crippen MR) is 62.9 cm³/mol. The first-order valence-corrected chi connectivity index (χ1v) is 5.19. The van der Waals surface area contributed by atoms with Crippen LogP contribution in [0.4, 0.5) is 0 Å². The van der Waals surface area contributed by atoms with E-state index < -0.39 is 5.97 Å². The lowest BCUT2D eigenvalue weighted by atomic mass is 10.2. The molecule has 16 heavy (non-hydrogen) atoms. The molecule has 0 saturated heterocycles. The van der Waals surface area contributed by atoms with Crippen LogP contribution in [0.1, 0.15) is 30.6 Å². The summed E-state index contributed by atoms with van der Waals surface area (Å²) in [6.45, 7) is 4.70. The maximum absolute atomic E-state index is 10.6. The Morgan fingerprint density at radius 1 is 1.31 bits per heavy atom. The first-order valence-electron chi connectivity index (χ1n) is 5.19. The molecule has 0 aromatic heterocycles. The standard InChI is InChI=1S/C13H16O3/c1-10(2)4-3-9-16-12-7-5-11(6-8-12)13(14)15/h4-8H,3,9H2,1-2H3,(H,14,15). The van der Waals surface area contributed by atoms with Gasteiger partial charge in [-0.1, -0.05) is 11.6 Å². The Hall–Kier alpha value is -1.77. The molecule has 1 aromatic rings. The van der Waals surface area contributed by atoms with Gasteiger partial charge < -0.3 is 9.84 Å². The molecule has 1 rings (SSSR count). The molecule has 0 fully saturated rings. The Morgan fingerprint density at radius 3 is 2.44 bits per heavy atom. The molecule has 0 amide bonds. The van der Waals surface area contributed by atoms with Crippen LogP contribution in [0, 0.1) is 0 Å². The molecule has 1 aromatic carbocycles. The molecule has 0 bridgehead atoms. The van der Waals surface area contributed by atoms with Crippen molar-refractivity contribution in [3.8, 4) is 5.75 Å². The van der Waals surface area contributed by atoms with Gasteiger partial charge in [0.15, 0.2) is 0 Å². The summed E-state index contributed by atoms with van der Waals surface area (Å²) >= 11 is 0. The Labute approximate surface area is 95.4 Å². The van der Waals surface area contributed by atoms with E-state index in [2.05, 4.69) is 6.08 Å². The first-order chi connectivity index (χ1) is 7.59. The molecule has 3 nitrogen and oxygen atoms in total. The molecule has 0 spiro atoms. The van der Waals surface area contributed by atoms with E-state index in [1.165, 1.54) is 5.57 Å². The van der Waals surface area contributed by atoms with Crippen LogP contribution in [0.25, 0.3) is 0 Å². The topological polar surface area (TPSA) is 46.5 Å². The Kier molecular flexibility index (Phi) is 4.58. The van der Waals surface area contributed by atoms with Crippen molar-refractivity contribution in [2.75, 3.05) is 6.61 Å². The third-order valence-electron chi connectivity index (χ3n) is 2.04. The van der Waals surface area contributed by atoms with Crippen molar-refractivity contribution in [1.82, 2.24) is 0 Å². The minimum atomic E-state index is -0.920. The first kappa shape index (κ1) is 12.3. The van der Waals surface area contributed by atoms with E-state index in [-0.39, 0.29) is 5.56 Å². The van der Waals surface area contributed by atoms with Crippen LogP contribution in [0.15, 0.2) is 35.9 Å². The number of allylic oxidation sites excluding steroid dienone is 1. The quantitative estimate of drug-likeness (QED) is 0.612. The van der Waals surface area contributed by atoms with E-state index in [4.69, 9.17) is 9.84 Å². The zero-order valence-electron chi connectivity index (χ0n) is 9.56. The van der Waals surface area contributed by atoms with Gasteiger partial charge >= 0.3 is 5.97 Å². The Morgan fingerprint density at radius 2 is 1.94 bits per heavy atom. The number of carboxylic acid groups (broad SMARTS) is 1. The molecule has 0 atom stereocenters. The van der Waals surface area contributed by atoms with Gasteiger partial charge in [-0.25, -0.2) is 4.79 Å². The molecule has 86 valence electrons. The third-order valence-corrected chi connectivity index (χ3v) is 2.04. The normalized spacial score (nSPS) is 9.62. The van der Waals surface area contributed by atoms with Crippen molar-refractivity contribution in [3.63, 3.8) is 0 Å². The molecule has 0 radical (unpaired) electrons. The number of hydrogen-bond acceptors (Lipinski definition) is 2. The summed E-state index contributed by atoms with van der Waals surface area (Å²) in [5.74, 6) is -0.219. The van der Waals surface area contributed by atoms with Crippen LogP contribution in [-0.2, 0) is 0 Å². The largest absolute Gasteiger partial charge is 0.493 e. The summed E-state index contributed by atoms with van der Waals surface area (Å²) in [6, 6.07) is 6.43. The van der Waals surface area contributed by atoms with Crippen LogP contribution in [0.3, 0.4) is 0 Å². The summed E-state index contributed by atoms with van der Waals surface area (Å²) in [6.07, 6.45) is 2.97. The lowest BCUT2D eigenvalue weighted by Crippen LogP contribution is -1.98. The Bertz CT molecular complexity index is 373. The van der Waals surface area contributed by atoms with Gasteiger partial charge in [0.25, 0.3) is 0 Å². The molecule has 0 aliphatic heterocycles. The molecule has 0 heterocycles. The van der Waals surface area contributed by atoms with E-state index in [1.807, 2.05) is 13.8 Å². The second-order valence-corrected chi connectivity index (χ2v) is 3.75. The van der Waals surface area contributed by atoms with Gasteiger partial charge in [0, 0.05) is 0 Å². The number of benzene rings is 1. The third kappa shape index (κ3) is 4.17. The fourth-order valence-corrected chi connectivity index (χ4v) is 1.22. The lowest BCUT2D eigenvalue weighted by Gasteiger charge is -2.04. The van der Waals surface area contributed by atoms with Gasteiger partial charge in [-0.15, -0.1) is 0 Å². The fourth-order valence-electron chi connectivity index (χ4n) is 1.22. The number of carboxylic acids is 1. The maximum atomic E-state index is 10.6. The van der Waals surface area contributed by atoms with Gasteiger partial charge in [-0.05, 0) is 44.5 Å². The van der Waals surface area contributed by atoms with Gasteiger partial charge in [-0.2, -0.15) is 0 Å². The number of carbonyl (C=O) groups is 1. The number of aromatic carboxylic acids is 1. The van der Waals surface area contributed by atoms with Crippen molar-refractivity contribution < 1.29 is 14.6 Å².